The highest BCUT2D eigenvalue weighted by molar-refractivity contribution is 5.91. The lowest BCUT2D eigenvalue weighted by atomic mass is 9.84. The molecule has 0 aliphatic heterocycles. The third-order valence-corrected chi connectivity index (χ3v) is 4.57. The van der Waals surface area contributed by atoms with Crippen molar-refractivity contribution in [2.45, 2.75) is 39.0 Å². The van der Waals surface area contributed by atoms with Gasteiger partial charge in [0.15, 0.2) is 0 Å². The molecule has 2 N–H and O–H groups in total. The van der Waals surface area contributed by atoms with Crippen molar-refractivity contribution in [1.82, 2.24) is 4.57 Å². The second-order valence-corrected chi connectivity index (χ2v) is 5.67. The van der Waals surface area contributed by atoms with E-state index in [-0.39, 0.29) is 0 Å². The monoisotopic (exact) mass is 242 g/mol. The predicted molar refractivity (Wildman–Crippen MR) is 77.1 cm³/mol. The highest BCUT2D eigenvalue weighted by atomic mass is 15.0. The number of hydrogen-bond donors (Lipinski definition) is 1. The molecule has 96 valence electrons. The first kappa shape index (κ1) is 11.8. The molecule has 0 spiro atoms. The summed E-state index contributed by atoms with van der Waals surface area (Å²) in [5.41, 5.74) is 13.2. The average molecular weight is 242 g/mol. The lowest BCUT2D eigenvalue weighted by Gasteiger charge is -2.22. The van der Waals surface area contributed by atoms with E-state index in [1.165, 1.54) is 47.0 Å². The van der Waals surface area contributed by atoms with Crippen LogP contribution in [0.25, 0.3) is 10.9 Å². The van der Waals surface area contributed by atoms with Gasteiger partial charge in [0.2, 0.25) is 0 Å². The minimum atomic E-state index is 0.554. The summed E-state index contributed by atoms with van der Waals surface area (Å²) in [5.74, 6) is 0.554. The maximum atomic E-state index is 6.00. The molecular formula is C16H22N2. The van der Waals surface area contributed by atoms with E-state index in [9.17, 15) is 0 Å². The Morgan fingerprint density at radius 1 is 1.28 bits per heavy atom. The molecule has 1 unspecified atom stereocenters. The second-order valence-electron chi connectivity index (χ2n) is 5.67. The van der Waals surface area contributed by atoms with Gasteiger partial charge in [0, 0.05) is 18.1 Å². The van der Waals surface area contributed by atoms with E-state index >= 15 is 0 Å². The Morgan fingerprint density at radius 2 is 2.00 bits per heavy atom. The normalized spacial score (nSPS) is 19.2. The summed E-state index contributed by atoms with van der Waals surface area (Å²) >= 11 is 0. The SMILES string of the molecule is Cc1ccc(C)c2c1c1c(n2C)CCCC1CN. The van der Waals surface area contributed by atoms with E-state index in [1.807, 2.05) is 0 Å². The molecule has 2 aromatic rings. The Kier molecular flexibility index (Phi) is 2.70. The van der Waals surface area contributed by atoms with Gasteiger partial charge in [0.05, 0.1) is 5.52 Å². The Labute approximate surface area is 109 Å². The third-order valence-electron chi connectivity index (χ3n) is 4.57. The molecule has 0 radical (unpaired) electrons. The van der Waals surface area contributed by atoms with Gasteiger partial charge in [-0.15, -0.1) is 0 Å². The van der Waals surface area contributed by atoms with Crippen LogP contribution in [-0.2, 0) is 13.5 Å². The summed E-state index contributed by atoms with van der Waals surface area (Å²) in [6.07, 6.45) is 3.73. The van der Waals surface area contributed by atoms with Gasteiger partial charge in [-0.05, 0) is 62.3 Å². The molecule has 0 fully saturated rings. The van der Waals surface area contributed by atoms with Crippen molar-refractivity contribution < 1.29 is 0 Å². The van der Waals surface area contributed by atoms with Crippen LogP contribution in [0.3, 0.4) is 0 Å². The molecule has 2 heteroatoms. The van der Waals surface area contributed by atoms with Gasteiger partial charge in [-0.25, -0.2) is 0 Å². The number of nitrogens with zero attached hydrogens (tertiary/aromatic N) is 1. The van der Waals surface area contributed by atoms with Crippen LogP contribution in [0.15, 0.2) is 12.1 Å². The van der Waals surface area contributed by atoms with Crippen molar-refractivity contribution in [3.8, 4) is 0 Å². The average Bonchev–Trinajstić information content (AvgIpc) is 2.69. The molecule has 1 aliphatic rings. The van der Waals surface area contributed by atoms with Crippen molar-refractivity contribution in [2.24, 2.45) is 12.8 Å². The van der Waals surface area contributed by atoms with Crippen molar-refractivity contribution in [1.29, 1.82) is 0 Å². The van der Waals surface area contributed by atoms with Crippen LogP contribution in [0, 0.1) is 13.8 Å². The second kappa shape index (κ2) is 4.13. The largest absolute Gasteiger partial charge is 0.347 e. The van der Waals surface area contributed by atoms with E-state index in [2.05, 4.69) is 37.6 Å². The first-order valence-corrected chi connectivity index (χ1v) is 6.92. The van der Waals surface area contributed by atoms with Gasteiger partial charge in [-0.1, -0.05) is 12.1 Å². The zero-order valence-corrected chi connectivity index (χ0v) is 11.6. The molecule has 1 aromatic carbocycles. The van der Waals surface area contributed by atoms with Crippen LogP contribution < -0.4 is 5.73 Å². The van der Waals surface area contributed by atoms with Gasteiger partial charge in [-0.3, -0.25) is 0 Å². The lowest BCUT2D eigenvalue weighted by Crippen LogP contribution is -2.18. The first-order valence-electron chi connectivity index (χ1n) is 6.92. The molecule has 18 heavy (non-hydrogen) atoms. The van der Waals surface area contributed by atoms with Crippen molar-refractivity contribution in [3.63, 3.8) is 0 Å². The van der Waals surface area contributed by atoms with Crippen LogP contribution in [0.4, 0.5) is 0 Å². The molecule has 1 aliphatic carbocycles. The minimum absolute atomic E-state index is 0.554. The molecule has 0 saturated heterocycles. The highest BCUT2D eigenvalue weighted by Crippen LogP contribution is 2.40. The number of hydrogen-bond acceptors (Lipinski definition) is 1. The van der Waals surface area contributed by atoms with Gasteiger partial charge in [0.1, 0.15) is 0 Å². The lowest BCUT2D eigenvalue weighted by molar-refractivity contribution is 0.549. The van der Waals surface area contributed by atoms with Gasteiger partial charge in [0.25, 0.3) is 0 Å². The predicted octanol–water partition coefficient (Wildman–Crippen LogP) is 3.17. The molecule has 1 heterocycles. The summed E-state index contributed by atoms with van der Waals surface area (Å²) < 4.78 is 2.41. The quantitative estimate of drug-likeness (QED) is 0.818. The smallest absolute Gasteiger partial charge is 0.0515 e. The van der Waals surface area contributed by atoms with Gasteiger partial charge >= 0.3 is 0 Å². The molecular weight excluding hydrogens is 220 g/mol. The van der Waals surface area contributed by atoms with Crippen LogP contribution in [-0.4, -0.2) is 11.1 Å². The minimum Gasteiger partial charge on any atom is -0.347 e. The Balaban J connectivity index is 2.44. The molecule has 1 aromatic heterocycles. The summed E-state index contributed by atoms with van der Waals surface area (Å²) in [6, 6.07) is 4.49. The van der Waals surface area contributed by atoms with Crippen LogP contribution in [0.2, 0.25) is 0 Å². The molecule has 0 amide bonds. The van der Waals surface area contributed by atoms with Gasteiger partial charge in [-0.2, -0.15) is 0 Å². The topological polar surface area (TPSA) is 30.9 Å². The zero-order valence-electron chi connectivity index (χ0n) is 11.6. The molecule has 3 rings (SSSR count). The van der Waals surface area contributed by atoms with Crippen LogP contribution >= 0.6 is 0 Å². The first-order chi connectivity index (χ1) is 8.65. The molecule has 2 nitrogen and oxygen atoms in total. The van der Waals surface area contributed by atoms with E-state index in [0.717, 1.165) is 6.54 Å². The fourth-order valence-corrected chi connectivity index (χ4v) is 3.67. The third kappa shape index (κ3) is 1.45. The number of nitrogens with two attached hydrogens (primary N) is 1. The Morgan fingerprint density at radius 3 is 2.72 bits per heavy atom. The zero-order chi connectivity index (χ0) is 12.9. The maximum Gasteiger partial charge on any atom is 0.0515 e. The van der Waals surface area contributed by atoms with E-state index in [1.54, 1.807) is 5.56 Å². The number of rotatable bonds is 1. The number of benzene rings is 1. The van der Waals surface area contributed by atoms with Crippen molar-refractivity contribution in [2.75, 3.05) is 6.54 Å². The fourth-order valence-electron chi connectivity index (χ4n) is 3.67. The van der Waals surface area contributed by atoms with Gasteiger partial charge < -0.3 is 10.3 Å². The van der Waals surface area contributed by atoms with Crippen molar-refractivity contribution >= 4 is 10.9 Å². The van der Waals surface area contributed by atoms with E-state index < -0.39 is 0 Å². The van der Waals surface area contributed by atoms with E-state index in [0.29, 0.717) is 5.92 Å². The van der Waals surface area contributed by atoms with Crippen LogP contribution in [0.5, 0.6) is 0 Å². The van der Waals surface area contributed by atoms with Crippen molar-refractivity contribution in [3.05, 3.63) is 34.5 Å². The molecule has 0 saturated carbocycles. The highest BCUT2D eigenvalue weighted by Gasteiger charge is 2.26. The van der Waals surface area contributed by atoms with E-state index in [4.69, 9.17) is 5.73 Å². The Bertz CT molecular complexity index is 607. The number of aromatic nitrogens is 1. The summed E-state index contributed by atoms with van der Waals surface area (Å²) in [4.78, 5) is 0. The summed E-state index contributed by atoms with van der Waals surface area (Å²) in [5, 5.41) is 1.47. The number of fused-ring (bicyclic) bond motifs is 3. The standard InChI is InChI=1S/C16H22N2/c1-10-7-8-11(2)16-14(10)15-12(9-17)5-4-6-13(15)18(16)3/h7-8,12H,4-6,9,17H2,1-3H3. The molecule has 1 atom stereocenters. The summed E-state index contributed by atoms with van der Waals surface area (Å²) in [6.45, 7) is 5.22. The number of aryl methyl sites for hydroxylation is 3. The Hall–Kier alpha value is -1.28. The summed E-state index contributed by atoms with van der Waals surface area (Å²) in [7, 11) is 2.21. The maximum absolute atomic E-state index is 6.00. The fraction of sp³-hybridized carbons (Fsp3) is 0.500. The van der Waals surface area contributed by atoms with Crippen LogP contribution in [0.1, 0.15) is 41.1 Å². The molecule has 0 bridgehead atoms.